The maximum absolute atomic E-state index is 12.3. The highest BCUT2D eigenvalue weighted by molar-refractivity contribution is 6.06. The molecule has 2 N–H and O–H groups in total. The molecule has 0 atom stereocenters. The normalized spacial score (nSPS) is 10.7. The Morgan fingerprint density at radius 2 is 1.67 bits per heavy atom. The molecule has 0 fully saturated rings. The van der Waals surface area contributed by atoms with E-state index >= 15 is 0 Å². The third-order valence-electron chi connectivity index (χ3n) is 3.60. The SMILES string of the molecule is CCOc1ccc(N/C=C(/C#N)C(=O)Nc2ccc(C)cc2)cc1OCC. The van der Waals surface area contributed by atoms with E-state index in [0.29, 0.717) is 36.1 Å². The molecule has 2 aromatic rings. The number of ether oxygens (including phenoxy) is 2. The van der Waals surface area contributed by atoms with E-state index < -0.39 is 5.91 Å². The molecule has 1 amide bonds. The van der Waals surface area contributed by atoms with Gasteiger partial charge in [0.15, 0.2) is 11.5 Å². The van der Waals surface area contributed by atoms with Crippen LogP contribution in [0.1, 0.15) is 19.4 Å². The smallest absolute Gasteiger partial charge is 0.267 e. The van der Waals surface area contributed by atoms with E-state index in [1.807, 2.05) is 39.0 Å². The Morgan fingerprint density at radius 1 is 1.04 bits per heavy atom. The summed E-state index contributed by atoms with van der Waals surface area (Å²) in [5, 5.41) is 14.9. The van der Waals surface area contributed by atoms with E-state index in [4.69, 9.17) is 9.47 Å². The van der Waals surface area contributed by atoms with Gasteiger partial charge < -0.3 is 20.1 Å². The molecule has 6 nitrogen and oxygen atoms in total. The first-order valence-electron chi connectivity index (χ1n) is 8.71. The molecule has 0 aliphatic rings. The number of rotatable bonds is 8. The Labute approximate surface area is 159 Å². The van der Waals surface area contributed by atoms with Gasteiger partial charge in [0.05, 0.1) is 13.2 Å². The number of hydrogen-bond donors (Lipinski definition) is 2. The standard InChI is InChI=1S/C21H23N3O3/c1-4-26-19-11-10-18(12-20(19)27-5-2)23-14-16(13-22)21(25)24-17-8-6-15(3)7-9-17/h6-12,14,23H,4-5H2,1-3H3,(H,24,25)/b16-14-. The molecule has 0 aliphatic heterocycles. The molecule has 0 unspecified atom stereocenters. The van der Waals surface area contributed by atoms with Gasteiger partial charge in [-0.2, -0.15) is 5.26 Å². The second-order valence-corrected chi connectivity index (χ2v) is 5.66. The number of carbonyl (C=O) groups is 1. The van der Waals surface area contributed by atoms with Gasteiger partial charge in [-0.1, -0.05) is 17.7 Å². The van der Waals surface area contributed by atoms with Crippen molar-refractivity contribution < 1.29 is 14.3 Å². The molecule has 2 rings (SSSR count). The summed E-state index contributed by atoms with van der Waals surface area (Å²) in [5.74, 6) is 0.761. The van der Waals surface area contributed by atoms with E-state index in [1.165, 1.54) is 6.20 Å². The third kappa shape index (κ3) is 5.79. The molecule has 27 heavy (non-hydrogen) atoms. The summed E-state index contributed by atoms with van der Waals surface area (Å²) in [5.41, 5.74) is 2.36. The number of aryl methyl sites for hydroxylation is 1. The number of anilines is 2. The van der Waals surface area contributed by atoms with E-state index in [1.54, 1.807) is 30.3 Å². The lowest BCUT2D eigenvalue weighted by Crippen LogP contribution is -2.14. The Balaban J connectivity index is 2.11. The van der Waals surface area contributed by atoms with Crippen LogP contribution in [0.2, 0.25) is 0 Å². The highest BCUT2D eigenvalue weighted by Gasteiger charge is 2.10. The second kappa shape index (κ2) is 9.88. The number of carbonyl (C=O) groups excluding carboxylic acids is 1. The summed E-state index contributed by atoms with van der Waals surface area (Å²) < 4.78 is 11.1. The molecule has 0 spiro atoms. The van der Waals surface area contributed by atoms with Gasteiger partial charge >= 0.3 is 0 Å². The van der Waals surface area contributed by atoms with Gasteiger partial charge in [-0.05, 0) is 45.0 Å². The lowest BCUT2D eigenvalue weighted by molar-refractivity contribution is -0.112. The lowest BCUT2D eigenvalue weighted by Gasteiger charge is -2.12. The maximum atomic E-state index is 12.3. The Kier molecular flexibility index (Phi) is 7.26. The molecule has 0 radical (unpaired) electrons. The predicted molar refractivity (Wildman–Crippen MR) is 106 cm³/mol. The molecule has 0 saturated heterocycles. The predicted octanol–water partition coefficient (Wildman–Crippen LogP) is 4.25. The van der Waals surface area contributed by atoms with Crippen molar-refractivity contribution in [3.63, 3.8) is 0 Å². The van der Waals surface area contributed by atoms with Crippen LogP contribution in [0, 0.1) is 18.3 Å². The van der Waals surface area contributed by atoms with Crippen LogP contribution in [0.5, 0.6) is 11.5 Å². The average Bonchev–Trinajstić information content (AvgIpc) is 2.66. The molecule has 2 aromatic carbocycles. The summed E-state index contributed by atoms with van der Waals surface area (Å²) >= 11 is 0. The van der Waals surface area contributed by atoms with E-state index in [-0.39, 0.29) is 5.57 Å². The van der Waals surface area contributed by atoms with Crippen molar-refractivity contribution in [2.45, 2.75) is 20.8 Å². The Bertz CT molecular complexity index is 852. The van der Waals surface area contributed by atoms with Crippen molar-refractivity contribution in [1.82, 2.24) is 0 Å². The zero-order chi connectivity index (χ0) is 19.6. The summed E-state index contributed by atoms with van der Waals surface area (Å²) in [7, 11) is 0. The number of benzene rings is 2. The first-order chi connectivity index (χ1) is 13.1. The molecular weight excluding hydrogens is 342 g/mol. The van der Waals surface area contributed by atoms with Crippen LogP contribution < -0.4 is 20.1 Å². The van der Waals surface area contributed by atoms with Crippen LogP contribution in [-0.2, 0) is 4.79 Å². The molecule has 0 bridgehead atoms. The van der Waals surface area contributed by atoms with Gasteiger partial charge in [-0.3, -0.25) is 4.79 Å². The quantitative estimate of drug-likeness (QED) is 0.540. The van der Waals surface area contributed by atoms with Crippen molar-refractivity contribution in [3.8, 4) is 17.6 Å². The Hall–Kier alpha value is -3.46. The molecular formula is C21H23N3O3. The van der Waals surface area contributed by atoms with Gasteiger partial charge in [0.2, 0.25) is 0 Å². The number of nitrogens with one attached hydrogen (secondary N) is 2. The molecule has 0 saturated carbocycles. The third-order valence-corrected chi connectivity index (χ3v) is 3.60. The van der Waals surface area contributed by atoms with Crippen molar-refractivity contribution in [1.29, 1.82) is 5.26 Å². The minimum atomic E-state index is -0.482. The first kappa shape index (κ1) is 19.9. The number of hydrogen-bond acceptors (Lipinski definition) is 5. The molecule has 0 heterocycles. The van der Waals surface area contributed by atoms with Crippen molar-refractivity contribution >= 4 is 17.3 Å². The molecule has 140 valence electrons. The summed E-state index contributed by atoms with van der Waals surface area (Å²) in [6.07, 6.45) is 1.37. The van der Waals surface area contributed by atoms with Crippen molar-refractivity contribution in [2.24, 2.45) is 0 Å². The fraction of sp³-hybridized carbons (Fsp3) is 0.238. The average molecular weight is 365 g/mol. The monoisotopic (exact) mass is 365 g/mol. The summed E-state index contributed by atoms with van der Waals surface area (Å²) in [6, 6.07) is 14.6. The second-order valence-electron chi connectivity index (χ2n) is 5.66. The highest BCUT2D eigenvalue weighted by atomic mass is 16.5. The number of nitriles is 1. The van der Waals surface area contributed by atoms with Crippen molar-refractivity contribution in [3.05, 3.63) is 59.8 Å². The largest absolute Gasteiger partial charge is 0.490 e. The zero-order valence-corrected chi connectivity index (χ0v) is 15.7. The van der Waals surface area contributed by atoms with E-state index in [9.17, 15) is 10.1 Å². The van der Waals surface area contributed by atoms with Crippen LogP contribution >= 0.6 is 0 Å². The minimum absolute atomic E-state index is 0.0394. The summed E-state index contributed by atoms with van der Waals surface area (Å²) in [4.78, 5) is 12.3. The maximum Gasteiger partial charge on any atom is 0.267 e. The van der Waals surface area contributed by atoms with Crippen LogP contribution in [-0.4, -0.2) is 19.1 Å². The van der Waals surface area contributed by atoms with Crippen LogP contribution in [0.25, 0.3) is 0 Å². The summed E-state index contributed by atoms with van der Waals surface area (Å²) in [6.45, 7) is 6.78. The number of amides is 1. The lowest BCUT2D eigenvalue weighted by atomic mass is 10.2. The Morgan fingerprint density at radius 3 is 2.30 bits per heavy atom. The number of nitrogens with zero attached hydrogens (tertiary/aromatic N) is 1. The van der Waals surface area contributed by atoms with Gasteiger partial charge in [-0.25, -0.2) is 0 Å². The van der Waals surface area contributed by atoms with Gasteiger partial charge in [0, 0.05) is 23.6 Å². The van der Waals surface area contributed by atoms with E-state index in [2.05, 4.69) is 10.6 Å². The molecule has 0 aromatic heterocycles. The van der Waals surface area contributed by atoms with Gasteiger partial charge in [0.25, 0.3) is 5.91 Å². The van der Waals surface area contributed by atoms with Gasteiger partial charge in [0.1, 0.15) is 11.6 Å². The van der Waals surface area contributed by atoms with E-state index in [0.717, 1.165) is 5.56 Å². The van der Waals surface area contributed by atoms with Crippen LogP contribution in [0.15, 0.2) is 54.2 Å². The van der Waals surface area contributed by atoms with Crippen LogP contribution in [0.4, 0.5) is 11.4 Å². The fourth-order valence-corrected chi connectivity index (χ4v) is 2.28. The minimum Gasteiger partial charge on any atom is -0.490 e. The van der Waals surface area contributed by atoms with Gasteiger partial charge in [-0.15, -0.1) is 0 Å². The molecule has 0 aliphatic carbocycles. The highest BCUT2D eigenvalue weighted by Crippen LogP contribution is 2.30. The fourth-order valence-electron chi connectivity index (χ4n) is 2.28. The van der Waals surface area contributed by atoms with Crippen molar-refractivity contribution in [2.75, 3.05) is 23.8 Å². The first-order valence-corrected chi connectivity index (χ1v) is 8.71. The zero-order valence-electron chi connectivity index (χ0n) is 15.7. The molecule has 6 heteroatoms. The topological polar surface area (TPSA) is 83.4 Å². The van der Waals surface area contributed by atoms with Crippen LogP contribution in [0.3, 0.4) is 0 Å².